The van der Waals surface area contributed by atoms with Gasteiger partial charge in [0.1, 0.15) is 28.8 Å². The maximum absolute atomic E-state index is 15.0. The third kappa shape index (κ3) is 4.71. The molecule has 3 heterocycles. The summed E-state index contributed by atoms with van der Waals surface area (Å²) in [6, 6.07) is 10.3. The molecule has 4 aromatic rings. The normalized spacial score (nSPS) is 19.9. The highest BCUT2D eigenvalue weighted by molar-refractivity contribution is 5.98. The lowest BCUT2D eigenvalue weighted by atomic mass is 9.71. The number of benzene rings is 2. The highest BCUT2D eigenvalue weighted by Crippen LogP contribution is 2.40. The van der Waals surface area contributed by atoms with Gasteiger partial charge in [0.05, 0.1) is 22.7 Å². The second-order valence-electron chi connectivity index (χ2n) is 10.4. The summed E-state index contributed by atoms with van der Waals surface area (Å²) in [7, 11) is 0. The van der Waals surface area contributed by atoms with Gasteiger partial charge in [-0.15, -0.1) is 0 Å². The van der Waals surface area contributed by atoms with E-state index in [1.807, 2.05) is 0 Å². The van der Waals surface area contributed by atoms with Crippen LogP contribution in [0.3, 0.4) is 0 Å². The van der Waals surface area contributed by atoms with E-state index in [1.165, 1.54) is 22.8 Å². The van der Waals surface area contributed by atoms with E-state index in [4.69, 9.17) is 0 Å². The Morgan fingerprint density at radius 3 is 2.66 bits per heavy atom. The van der Waals surface area contributed by atoms with Crippen molar-refractivity contribution in [3.63, 3.8) is 0 Å². The van der Waals surface area contributed by atoms with E-state index < -0.39 is 47.0 Å². The molecule has 0 spiro atoms. The molecule has 1 fully saturated rings. The molecule has 41 heavy (non-hydrogen) atoms. The summed E-state index contributed by atoms with van der Waals surface area (Å²) in [6.45, 7) is -0.810. The Bertz CT molecular complexity index is 1750. The largest absolute Gasteiger partial charge is 0.354 e. The van der Waals surface area contributed by atoms with Gasteiger partial charge in [-0.3, -0.25) is 14.2 Å². The van der Waals surface area contributed by atoms with Crippen LogP contribution in [0, 0.1) is 17.5 Å². The van der Waals surface area contributed by atoms with Crippen molar-refractivity contribution < 1.29 is 31.5 Å². The molecule has 2 aliphatic rings. The van der Waals surface area contributed by atoms with Gasteiger partial charge < -0.3 is 15.0 Å². The lowest BCUT2D eigenvalue weighted by Gasteiger charge is -2.42. The Morgan fingerprint density at radius 1 is 1.12 bits per heavy atom. The zero-order chi connectivity index (χ0) is 29.1. The molecule has 7 nitrogen and oxygen atoms in total. The molecule has 12 heteroatoms. The first-order valence-electron chi connectivity index (χ1n) is 12.8. The molecule has 1 aliphatic carbocycles. The number of aromatic nitrogens is 2. The SMILES string of the molecule is CC1(NC(=O)c2cn(-c3ccc(F)cc3F)c3nc(N4CCC(OC(F)F)C4)ccc3c2=O)Cc2cccc(F)c21. The molecule has 212 valence electrons. The summed E-state index contributed by atoms with van der Waals surface area (Å²) < 4.78 is 74.5. The Kier molecular flexibility index (Phi) is 6.52. The number of halogens is 5. The molecule has 1 amide bonds. The number of carbonyl (C=O) groups is 1. The average Bonchev–Trinajstić information content (AvgIpc) is 3.36. The quantitative estimate of drug-likeness (QED) is 0.337. The second-order valence-corrected chi connectivity index (χ2v) is 10.4. The molecule has 6 rings (SSSR count). The Balaban J connectivity index is 1.43. The van der Waals surface area contributed by atoms with Crippen LogP contribution in [-0.2, 0) is 16.7 Å². The van der Waals surface area contributed by atoms with Crippen LogP contribution in [0.4, 0.5) is 27.8 Å². The van der Waals surface area contributed by atoms with Gasteiger partial charge in [-0.05, 0) is 49.2 Å². The van der Waals surface area contributed by atoms with Crippen LogP contribution in [0.15, 0.2) is 59.5 Å². The zero-order valence-corrected chi connectivity index (χ0v) is 21.6. The van der Waals surface area contributed by atoms with Crippen LogP contribution in [0.2, 0.25) is 0 Å². The van der Waals surface area contributed by atoms with Crippen LogP contribution >= 0.6 is 0 Å². The van der Waals surface area contributed by atoms with Crippen molar-refractivity contribution in [1.29, 1.82) is 0 Å². The van der Waals surface area contributed by atoms with Crippen LogP contribution < -0.4 is 15.6 Å². The van der Waals surface area contributed by atoms with Crippen molar-refractivity contribution in [3.8, 4) is 5.69 Å². The number of fused-ring (bicyclic) bond motifs is 2. The van der Waals surface area contributed by atoms with Gasteiger partial charge in [-0.1, -0.05) is 12.1 Å². The predicted octanol–water partition coefficient (Wildman–Crippen LogP) is 4.82. The molecule has 1 N–H and O–H groups in total. The number of nitrogens with one attached hydrogen (secondary N) is 1. The van der Waals surface area contributed by atoms with Gasteiger partial charge in [-0.2, -0.15) is 8.78 Å². The summed E-state index contributed by atoms with van der Waals surface area (Å²) in [5.41, 5.74) is -1.27. The maximum Gasteiger partial charge on any atom is 0.345 e. The lowest BCUT2D eigenvalue weighted by Crippen LogP contribution is -2.52. The number of carbonyl (C=O) groups excluding carboxylic acids is 1. The van der Waals surface area contributed by atoms with Gasteiger partial charge >= 0.3 is 6.61 Å². The fourth-order valence-electron chi connectivity index (χ4n) is 5.71. The van der Waals surface area contributed by atoms with Gasteiger partial charge in [0.2, 0.25) is 5.43 Å². The minimum atomic E-state index is -2.92. The van der Waals surface area contributed by atoms with E-state index in [-0.39, 0.29) is 28.8 Å². The fraction of sp³-hybridized carbons (Fsp3) is 0.276. The number of alkyl halides is 2. The van der Waals surface area contributed by atoms with E-state index in [9.17, 15) is 27.2 Å². The molecule has 2 aromatic heterocycles. The molecule has 0 saturated carbocycles. The van der Waals surface area contributed by atoms with Crippen molar-refractivity contribution >= 4 is 22.8 Å². The topological polar surface area (TPSA) is 76.5 Å². The summed E-state index contributed by atoms with van der Waals surface area (Å²) in [5.74, 6) is -2.77. The van der Waals surface area contributed by atoms with Gasteiger partial charge in [0.25, 0.3) is 5.91 Å². The molecular weight excluding hydrogens is 547 g/mol. The zero-order valence-electron chi connectivity index (χ0n) is 21.6. The summed E-state index contributed by atoms with van der Waals surface area (Å²) in [4.78, 5) is 33.2. The molecule has 2 unspecified atom stereocenters. The molecule has 1 saturated heterocycles. The lowest BCUT2D eigenvalue weighted by molar-refractivity contribution is -0.156. The highest BCUT2D eigenvalue weighted by Gasteiger charge is 2.42. The first-order valence-corrected chi connectivity index (χ1v) is 12.8. The van der Waals surface area contributed by atoms with Crippen LogP contribution in [0.25, 0.3) is 16.7 Å². The van der Waals surface area contributed by atoms with Crippen molar-refractivity contribution in [2.75, 3.05) is 18.0 Å². The molecular formula is C29H23F5N4O3. The molecule has 1 aliphatic heterocycles. The van der Waals surface area contributed by atoms with E-state index in [2.05, 4.69) is 15.0 Å². The third-order valence-electron chi connectivity index (χ3n) is 7.60. The van der Waals surface area contributed by atoms with Gasteiger partial charge in [0.15, 0.2) is 5.65 Å². The minimum absolute atomic E-state index is 0.0287. The van der Waals surface area contributed by atoms with E-state index in [0.29, 0.717) is 36.8 Å². The smallest absolute Gasteiger partial charge is 0.345 e. The first-order chi connectivity index (χ1) is 19.5. The number of pyridine rings is 2. The maximum atomic E-state index is 15.0. The minimum Gasteiger partial charge on any atom is -0.354 e. The number of hydrogen-bond donors (Lipinski definition) is 1. The number of nitrogens with zero attached hydrogens (tertiary/aromatic N) is 3. The molecule has 0 bridgehead atoms. The summed E-state index contributed by atoms with van der Waals surface area (Å²) >= 11 is 0. The average molecular weight is 571 g/mol. The van der Waals surface area contributed by atoms with E-state index >= 15 is 4.39 Å². The van der Waals surface area contributed by atoms with Crippen LogP contribution in [-0.4, -0.2) is 41.3 Å². The van der Waals surface area contributed by atoms with Crippen LogP contribution in [0.5, 0.6) is 0 Å². The first kappa shape index (κ1) is 26.9. The summed E-state index contributed by atoms with van der Waals surface area (Å²) in [5, 5.41) is 2.71. The second kappa shape index (κ2) is 9.95. The van der Waals surface area contributed by atoms with Gasteiger partial charge in [0, 0.05) is 37.3 Å². The Labute approximate surface area is 230 Å². The fourth-order valence-corrected chi connectivity index (χ4v) is 5.71. The number of amides is 1. The number of anilines is 1. The molecule has 2 atom stereocenters. The third-order valence-corrected chi connectivity index (χ3v) is 7.60. The molecule has 0 radical (unpaired) electrons. The monoisotopic (exact) mass is 570 g/mol. The standard InChI is InChI=1S/C29H23F5N4O3/c1-29(12-15-3-2-4-20(31)24(15)29)36-27(40)19-14-38(22-7-5-16(30)11-21(22)32)26-18(25(19)39)6-8-23(35-26)37-10-9-17(13-37)41-28(33)34/h2-8,11,14,17,28H,9-10,12-13H2,1H3,(H,36,40). The predicted molar refractivity (Wildman–Crippen MR) is 140 cm³/mol. The van der Waals surface area contributed by atoms with Crippen LogP contribution in [0.1, 0.15) is 34.8 Å². The van der Waals surface area contributed by atoms with Crippen molar-refractivity contribution in [2.24, 2.45) is 0 Å². The van der Waals surface area contributed by atoms with E-state index in [1.54, 1.807) is 24.0 Å². The summed E-state index contributed by atoms with van der Waals surface area (Å²) in [6.07, 6.45) is 1.06. The molecule has 2 aromatic carbocycles. The van der Waals surface area contributed by atoms with Gasteiger partial charge in [-0.25, -0.2) is 18.2 Å². The van der Waals surface area contributed by atoms with Crippen molar-refractivity contribution in [1.82, 2.24) is 14.9 Å². The van der Waals surface area contributed by atoms with E-state index in [0.717, 1.165) is 23.9 Å². The van der Waals surface area contributed by atoms with Crippen molar-refractivity contribution in [3.05, 3.63) is 99.1 Å². The number of ether oxygens (including phenoxy) is 1. The Hall–Kier alpha value is -4.32. The number of rotatable bonds is 6. The highest BCUT2D eigenvalue weighted by atomic mass is 19.3. The Morgan fingerprint density at radius 2 is 1.93 bits per heavy atom. The number of hydrogen-bond acceptors (Lipinski definition) is 5. The van der Waals surface area contributed by atoms with Crippen molar-refractivity contribution in [2.45, 2.75) is 38.0 Å².